The zero-order valence-electron chi connectivity index (χ0n) is 10.5. The minimum Gasteiger partial charge on any atom is -0.484 e. The average Bonchev–Trinajstić information content (AvgIpc) is 2.53. The van der Waals surface area contributed by atoms with E-state index in [-0.39, 0.29) is 11.9 Å². The van der Waals surface area contributed by atoms with Gasteiger partial charge in [0, 0.05) is 11.8 Å². The summed E-state index contributed by atoms with van der Waals surface area (Å²) in [7, 11) is 0. The largest absolute Gasteiger partial charge is 0.484 e. The van der Waals surface area contributed by atoms with Crippen LogP contribution in [0, 0.1) is 10.9 Å². The van der Waals surface area contributed by atoms with Crippen molar-refractivity contribution in [3.05, 3.63) is 53.7 Å². The number of hydrogen-bond acceptors (Lipinski definition) is 5. The maximum Gasteiger partial charge on any atom is 0.257 e. The summed E-state index contributed by atoms with van der Waals surface area (Å²) in [6, 6.07) is 10.8. The van der Waals surface area contributed by atoms with Gasteiger partial charge in [0.15, 0.2) is 17.7 Å². The number of benzene rings is 1. The van der Waals surface area contributed by atoms with Crippen LogP contribution in [0.15, 0.2) is 47.7 Å². The van der Waals surface area contributed by atoms with E-state index in [1.807, 2.05) is 18.2 Å². The van der Waals surface area contributed by atoms with E-state index in [0.717, 1.165) is 5.56 Å². The van der Waals surface area contributed by atoms with E-state index >= 15 is 0 Å². The second kappa shape index (κ2) is 5.08. The van der Waals surface area contributed by atoms with Gasteiger partial charge in [0.2, 0.25) is 0 Å². The van der Waals surface area contributed by atoms with Crippen LogP contribution in [0.3, 0.4) is 0 Å². The number of nitrogens with zero attached hydrogens (tertiary/aromatic N) is 2. The summed E-state index contributed by atoms with van der Waals surface area (Å²) in [5, 5.41) is 10.7. The molecule has 100 valence electrons. The minimum atomic E-state index is -0.282. The Labute approximate surface area is 115 Å². The van der Waals surface area contributed by atoms with Crippen LogP contribution in [0.4, 0.5) is 0 Å². The predicted molar refractivity (Wildman–Crippen MR) is 71.5 cm³/mol. The fraction of sp³-hybridized carbons (Fsp3) is 0.143. The molecule has 1 aromatic heterocycles. The Morgan fingerprint density at radius 3 is 3.05 bits per heavy atom. The van der Waals surface area contributed by atoms with E-state index in [0.29, 0.717) is 23.8 Å². The number of aromatic nitrogens is 1. The summed E-state index contributed by atoms with van der Waals surface area (Å²) in [4.78, 5) is 4.13. The van der Waals surface area contributed by atoms with E-state index in [2.05, 4.69) is 10.1 Å². The number of pyridine rings is 1. The molecule has 0 bridgehead atoms. The van der Waals surface area contributed by atoms with Gasteiger partial charge in [-0.15, -0.1) is 5.11 Å². The quantitative estimate of drug-likeness (QED) is 0.498. The minimum absolute atomic E-state index is 0.0814. The van der Waals surface area contributed by atoms with Crippen molar-refractivity contribution in [2.75, 3.05) is 6.61 Å². The van der Waals surface area contributed by atoms with Crippen molar-refractivity contribution in [1.29, 1.82) is 10.9 Å². The fourth-order valence-corrected chi connectivity index (χ4v) is 2.02. The molecule has 1 aromatic carbocycles. The number of hydrogen-bond donors (Lipinski definition) is 2. The maximum atomic E-state index is 7.57. The lowest BCUT2D eigenvalue weighted by molar-refractivity contribution is 0.0851. The van der Waals surface area contributed by atoms with Gasteiger partial charge in [-0.2, -0.15) is 0 Å². The van der Waals surface area contributed by atoms with Gasteiger partial charge in [0.25, 0.3) is 5.88 Å². The molecule has 2 aromatic rings. The van der Waals surface area contributed by atoms with Crippen LogP contribution in [0.25, 0.3) is 0 Å². The highest BCUT2D eigenvalue weighted by Crippen LogP contribution is 2.34. The Morgan fingerprint density at radius 1 is 1.30 bits per heavy atom. The third-order valence-electron chi connectivity index (χ3n) is 3.02. The third kappa shape index (κ3) is 2.23. The van der Waals surface area contributed by atoms with Crippen molar-refractivity contribution in [3.8, 4) is 11.6 Å². The van der Waals surface area contributed by atoms with Crippen molar-refractivity contribution in [3.63, 3.8) is 0 Å². The Balaban J connectivity index is 1.88. The molecule has 0 fully saturated rings. The Kier molecular flexibility index (Phi) is 3.12. The normalized spacial score (nSPS) is 16.5. The monoisotopic (exact) mass is 268 g/mol. The zero-order valence-corrected chi connectivity index (χ0v) is 10.5. The van der Waals surface area contributed by atoms with Crippen molar-refractivity contribution in [2.45, 2.75) is 6.10 Å². The van der Waals surface area contributed by atoms with Gasteiger partial charge in [-0.25, -0.2) is 10.5 Å². The molecule has 1 aliphatic rings. The summed E-state index contributed by atoms with van der Waals surface area (Å²) in [5.74, 6) is 1.02. The van der Waals surface area contributed by atoms with Gasteiger partial charge >= 0.3 is 0 Å². The van der Waals surface area contributed by atoms with Crippen molar-refractivity contribution >= 4 is 5.84 Å². The second-order valence-corrected chi connectivity index (χ2v) is 4.31. The second-order valence-electron chi connectivity index (χ2n) is 4.31. The zero-order chi connectivity index (χ0) is 13.9. The molecule has 1 unspecified atom stereocenters. The molecule has 1 aliphatic heterocycles. The number of nitrogens with one attached hydrogen (secondary N) is 2. The molecule has 2 heterocycles. The molecule has 0 saturated heterocycles. The number of amidine groups is 1. The first kappa shape index (κ1) is 12.3. The summed E-state index contributed by atoms with van der Waals surface area (Å²) >= 11 is 0. The highest BCUT2D eigenvalue weighted by atomic mass is 16.6. The van der Waals surface area contributed by atoms with Gasteiger partial charge in [-0.1, -0.05) is 18.2 Å². The van der Waals surface area contributed by atoms with Gasteiger partial charge in [-0.05, 0) is 23.8 Å². The summed E-state index contributed by atoms with van der Waals surface area (Å²) in [6.45, 7) is 0.382. The van der Waals surface area contributed by atoms with E-state index in [1.54, 1.807) is 24.4 Å². The molecule has 20 heavy (non-hydrogen) atoms. The number of rotatable bonds is 2. The van der Waals surface area contributed by atoms with Crippen LogP contribution in [-0.2, 0) is 0 Å². The number of ether oxygens (including phenoxy) is 2. The van der Waals surface area contributed by atoms with E-state index in [9.17, 15) is 0 Å². The molecule has 0 aliphatic carbocycles. The lowest BCUT2D eigenvalue weighted by atomic mass is 10.1. The van der Waals surface area contributed by atoms with Gasteiger partial charge in [-0.3, -0.25) is 5.41 Å². The van der Waals surface area contributed by atoms with Crippen LogP contribution in [0.2, 0.25) is 0 Å². The molecular weight excluding hydrogens is 256 g/mol. The summed E-state index contributed by atoms with van der Waals surface area (Å²) in [6.07, 6.45) is 1.37. The summed E-state index contributed by atoms with van der Waals surface area (Å²) < 4.78 is 11.4. The van der Waals surface area contributed by atoms with Crippen LogP contribution in [0.5, 0.6) is 11.6 Å². The molecular formula is C14H12N4O2. The van der Waals surface area contributed by atoms with Crippen LogP contribution >= 0.6 is 0 Å². The van der Waals surface area contributed by atoms with E-state index < -0.39 is 0 Å². The van der Waals surface area contributed by atoms with Crippen molar-refractivity contribution in [1.82, 2.24) is 4.98 Å². The molecule has 1 atom stereocenters. The summed E-state index contributed by atoms with van der Waals surface area (Å²) in [5.41, 5.74) is 8.34. The average molecular weight is 268 g/mol. The highest BCUT2D eigenvalue weighted by Gasteiger charge is 2.23. The van der Waals surface area contributed by atoms with Gasteiger partial charge in [0.1, 0.15) is 6.61 Å². The van der Waals surface area contributed by atoms with Gasteiger partial charge < -0.3 is 9.47 Å². The topological polar surface area (TPSA) is 91.4 Å². The molecule has 3 rings (SSSR count). The molecule has 2 N–H and O–H groups in total. The standard InChI is InChI=1S/C14H12N4O2/c15-13(18-16)10-4-1-3-9(7-10)12-8-19-11-5-2-6-17-14(11)20-12/h1-7,12,15-16H,8H2. The molecule has 6 heteroatoms. The van der Waals surface area contributed by atoms with Crippen molar-refractivity contribution < 1.29 is 9.47 Å². The Morgan fingerprint density at radius 2 is 2.20 bits per heavy atom. The molecule has 0 radical (unpaired) electrons. The third-order valence-corrected chi connectivity index (χ3v) is 3.02. The lowest BCUT2D eigenvalue weighted by Crippen LogP contribution is -2.22. The van der Waals surface area contributed by atoms with E-state index in [4.69, 9.17) is 20.4 Å². The Bertz CT molecular complexity index is 672. The number of fused-ring (bicyclic) bond motifs is 1. The molecule has 6 nitrogen and oxygen atoms in total. The molecule has 0 amide bonds. The van der Waals surface area contributed by atoms with Crippen molar-refractivity contribution in [2.24, 2.45) is 5.11 Å². The molecule has 0 spiro atoms. The van der Waals surface area contributed by atoms with Crippen LogP contribution in [-0.4, -0.2) is 17.4 Å². The first-order valence-electron chi connectivity index (χ1n) is 6.09. The lowest BCUT2D eigenvalue weighted by Gasteiger charge is -2.25. The predicted octanol–water partition coefficient (Wildman–Crippen LogP) is 2.95. The Hall–Kier alpha value is -2.76. The first-order chi connectivity index (χ1) is 9.78. The SMILES string of the molecule is N=NC(=N)c1cccc(C2COc3cccnc3O2)c1. The molecule has 0 saturated carbocycles. The first-order valence-corrected chi connectivity index (χ1v) is 6.09. The van der Waals surface area contributed by atoms with Crippen LogP contribution in [0.1, 0.15) is 17.2 Å². The smallest absolute Gasteiger partial charge is 0.257 e. The fourth-order valence-electron chi connectivity index (χ4n) is 2.02. The van der Waals surface area contributed by atoms with E-state index in [1.165, 1.54) is 0 Å². The van der Waals surface area contributed by atoms with Crippen LogP contribution < -0.4 is 9.47 Å². The van der Waals surface area contributed by atoms with Gasteiger partial charge in [0.05, 0.1) is 0 Å². The highest BCUT2D eigenvalue weighted by molar-refractivity contribution is 5.96. The maximum absolute atomic E-state index is 7.57.